The van der Waals surface area contributed by atoms with Gasteiger partial charge in [-0.1, -0.05) is 6.92 Å². The predicted molar refractivity (Wildman–Crippen MR) is 78.0 cm³/mol. The Bertz CT molecular complexity index is 458. The summed E-state index contributed by atoms with van der Waals surface area (Å²) in [6.45, 7) is 4.86. The van der Waals surface area contributed by atoms with E-state index < -0.39 is 6.04 Å². The van der Waals surface area contributed by atoms with E-state index in [-0.39, 0.29) is 11.9 Å². The molecule has 0 saturated carbocycles. The van der Waals surface area contributed by atoms with Crippen LogP contribution in [0.1, 0.15) is 31.4 Å². The van der Waals surface area contributed by atoms with Crippen LogP contribution in [0.5, 0.6) is 0 Å². The first-order valence-electron chi connectivity index (χ1n) is 7.26. The third-order valence-electron chi connectivity index (χ3n) is 4.01. The Labute approximate surface area is 120 Å². The largest absolute Gasteiger partial charge is 0.337 e. The topological polar surface area (TPSA) is 67.4 Å². The third kappa shape index (κ3) is 3.19. The first-order valence-corrected chi connectivity index (χ1v) is 7.26. The summed E-state index contributed by atoms with van der Waals surface area (Å²) < 4.78 is 1.68. The molecule has 1 aromatic heterocycles. The first kappa shape index (κ1) is 15.0. The van der Waals surface area contributed by atoms with Crippen LogP contribution in [-0.2, 0) is 11.8 Å². The van der Waals surface area contributed by atoms with Gasteiger partial charge in [0, 0.05) is 37.9 Å². The van der Waals surface area contributed by atoms with E-state index in [2.05, 4.69) is 24.0 Å². The maximum absolute atomic E-state index is 12.7. The van der Waals surface area contributed by atoms with Crippen molar-refractivity contribution in [2.24, 2.45) is 12.8 Å². The van der Waals surface area contributed by atoms with E-state index in [0.717, 1.165) is 38.0 Å². The molecule has 1 aromatic rings. The van der Waals surface area contributed by atoms with Crippen LogP contribution in [0, 0.1) is 0 Å². The molecule has 1 saturated heterocycles. The molecule has 0 bridgehead atoms. The Hall–Kier alpha value is -1.40. The fourth-order valence-corrected chi connectivity index (χ4v) is 2.80. The minimum Gasteiger partial charge on any atom is -0.337 e. The number of aryl methyl sites for hydroxylation is 1. The maximum Gasteiger partial charge on any atom is 0.244 e. The van der Waals surface area contributed by atoms with Crippen molar-refractivity contribution in [3.05, 3.63) is 18.0 Å². The van der Waals surface area contributed by atoms with Gasteiger partial charge in [-0.05, 0) is 26.4 Å². The van der Waals surface area contributed by atoms with Crippen LogP contribution in [0.2, 0.25) is 0 Å². The van der Waals surface area contributed by atoms with Gasteiger partial charge in [-0.2, -0.15) is 5.10 Å². The Balaban J connectivity index is 2.13. The van der Waals surface area contributed by atoms with Crippen molar-refractivity contribution in [3.63, 3.8) is 0 Å². The highest BCUT2D eigenvalue weighted by molar-refractivity contribution is 5.83. The fraction of sp³-hybridized carbons (Fsp3) is 0.714. The molecule has 2 atom stereocenters. The van der Waals surface area contributed by atoms with Gasteiger partial charge >= 0.3 is 0 Å². The summed E-state index contributed by atoms with van der Waals surface area (Å²) in [6, 6.07) is -0.362. The van der Waals surface area contributed by atoms with E-state index in [1.54, 1.807) is 10.9 Å². The Kier molecular flexibility index (Phi) is 4.77. The van der Waals surface area contributed by atoms with Gasteiger partial charge in [-0.15, -0.1) is 0 Å². The van der Waals surface area contributed by atoms with Crippen molar-refractivity contribution in [2.75, 3.05) is 26.7 Å². The van der Waals surface area contributed by atoms with Crippen molar-refractivity contribution in [1.82, 2.24) is 19.6 Å². The van der Waals surface area contributed by atoms with Crippen LogP contribution in [0.3, 0.4) is 0 Å². The van der Waals surface area contributed by atoms with E-state index in [1.807, 2.05) is 18.1 Å². The molecule has 112 valence electrons. The summed E-state index contributed by atoms with van der Waals surface area (Å²) in [5.74, 6) is 0.0140. The summed E-state index contributed by atoms with van der Waals surface area (Å²) in [7, 11) is 3.94. The second-order valence-corrected chi connectivity index (χ2v) is 5.63. The van der Waals surface area contributed by atoms with Crippen LogP contribution < -0.4 is 5.73 Å². The maximum atomic E-state index is 12.7. The van der Waals surface area contributed by atoms with Crippen molar-refractivity contribution in [1.29, 1.82) is 0 Å². The van der Waals surface area contributed by atoms with Crippen LogP contribution >= 0.6 is 0 Å². The number of aromatic nitrogens is 2. The lowest BCUT2D eigenvalue weighted by Crippen LogP contribution is -2.47. The zero-order chi connectivity index (χ0) is 14.7. The van der Waals surface area contributed by atoms with Gasteiger partial charge in [-0.3, -0.25) is 9.48 Å². The number of rotatable bonds is 3. The van der Waals surface area contributed by atoms with Crippen LogP contribution in [0.4, 0.5) is 0 Å². The molecule has 6 nitrogen and oxygen atoms in total. The van der Waals surface area contributed by atoms with Crippen LogP contribution in [0.15, 0.2) is 12.4 Å². The van der Waals surface area contributed by atoms with Gasteiger partial charge in [0.05, 0.1) is 6.20 Å². The zero-order valence-corrected chi connectivity index (χ0v) is 12.6. The van der Waals surface area contributed by atoms with Gasteiger partial charge in [0.25, 0.3) is 0 Å². The van der Waals surface area contributed by atoms with Crippen molar-refractivity contribution >= 4 is 5.91 Å². The molecule has 1 amide bonds. The SMILES string of the molecule is CCC1CN(C)CCCN1C(=O)C(N)c1cnn(C)c1. The second kappa shape index (κ2) is 6.37. The average molecular weight is 279 g/mol. The average Bonchev–Trinajstić information content (AvgIpc) is 2.77. The van der Waals surface area contributed by atoms with Gasteiger partial charge in [0.1, 0.15) is 6.04 Å². The van der Waals surface area contributed by atoms with E-state index in [0.29, 0.717) is 0 Å². The smallest absolute Gasteiger partial charge is 0.244 e. The Morgan fingerprint density at radius 3 is 2.85 bits per heavy atom. The molecule has 20 heavy (non-hydrogen) atoms. The van der Waals surface area contributed by atoms with Crippen LogP contribution in [0.25, 0.3) is 0 Å². The monoisotopic (exact) mass is 279 g/mol. The number of nitrogens with zero attached hydrogens (tertiary/aromatic N) is 4. The Morgan fingerprint density at radius 2 is 2.25 bits per heavy atom. The molecule has 0 spiro atoms. The number of carbonyl (C=O) groups excluding carboxylic acids is 1. The molecule has 0 aliphatic carbocycles. The number of nitrogens with two attached hydrogens (primary N) is 1. The Morgan fingerprint density at radius 1 is 1.50 bits per heavy atom. The fourth-order valence-electron chi connectivity index (χ4n) is 2.80. The van der Waals surface area contributed by atoms with E-state index in [1.165, 1.54) is 0 Å². The molecule has 2 N–H and O–H groups in total. The quantitative estimate of drug-likeness (QED) is 0.867. The number of amides is 1. The summed E-state index contributed by atoms with van der Waals surface area (Å²) in [5, 5.41) is 4.09. The first-order chi connectivity index (χ1) is 9.52. The minimum atomic E-state index is -0.610. The van der Waals surface area contributed by atoms with Crippen molar-refractivity contribution < 1.29 is 4.79 Å². The van der Waals surface area contributed by atoms with Gasteiger partial charge in [-0.25, -0.2) is 0 Å². The van der Waals surface area contributed by atoms with E-state index in [4.69, 9.17) is 5.73 Å². The predicted octanol–water partition coefficient (Wildman–Crippen LogP) is 0.363. The molecule has 6 heteroatoms. The number of likely N-dealkylation sites (N-methyl/N-ethyl adjacent to an activating group) is 1. The lowest BCUT2D eigenvalue weighted by atomic mass is 10.1. The molecular weight excluding hydrogens is 254 g/mol. The van der Waals surface area contributed by atoms with E-state index >= 15 is 0 Å². The normalized spacial score (nSPS) is 22.6. The van der Waals surface area contributed by atoms with Gasteiger partial charge < -0.3 is 15.5 Å². The third-order valence-corrected chi connectivity index (χ3v) is 4.01. The van der Waals surface area contributed by atoms with Gasteiger partial charge in [0.15, 0.2) is 0 Å². The molecule has 0 aromatic carbocycles. The summed E-state index contributed by atoms with van der Waals surface area (Å²) in [5.41, 5.74) is 6.91. The van der Waals surface area contributed by atoms with Crippen molar-refractivity contribution in [3.8, 4) is 0 Å². The van der Waals surface area contributed by atoms with Crippen LogP contribution in [-0.4, -0.2) is 58.2 Å². The highest BCUT2D eigenvalue weighted by Crippen LogP contribution is 2.18. The lowest BCUT2D eigenvalue weighted by molar-refractivity contribution is -0.135. The van der Waals surface area contributed by atoms with Gasteiger partial charge in [0.2, 0.25) is 5.91 Å². The second-order valence-electron chi connectivity index (χ2n) is 5.63. The molecule has 1 aliphatic heterocycles. The summed E-state index contributed by atoms with van der Waals surface area (Å²) in [6.07, 6.45) is 5.44. The standard InChI is InChI=1S/C14H25N5O/c1-4-12-10-17(2)6-5-7-19(12)14(20)13(15)11-8-16-18(3)9-11/h8-9,12-13H,4-7,10,15H2,1-3H3. The molecule has 1 fully saturated rings. The molecule has 2 heterocycles. The highest BCUT2D eigenvalue weighted by Gasteiger charge is 2.30. The highest BCUT2D eigenvalue weighted by atomic mass is 16.2. The molecular formula is C14H25N5O. The molecule has 2 rings (SSSR count). The number of hydrogen-bond acceptors (Lipinski definition) is 4. The van der Waals surface area contributed by atoms with E-state index in [9.17, 15) is 4.79 Å². The summed E-state index contributed by atoms with van der Waals surface area (Å²) in [4.78, 5) is 16.9. The molecule has 2 unspecified atom stereocenters. The minimum absolute atomic E-state index is 0.0140. The lowest BCUT2D eigenvalue weighted by Gasteiger charge is -2.32. The number of hydrogen-bond donors (Lipinski definition) is 1. The summed E-state index contributed by atoms with van der Waals surface area (Å²) >= 11 is 0. The molecule has 0 radical (unpaired) electrons. The van der Waals surface area contributed by atoms with Crippen molar-refractivity contribution in [2.45, 2.75) is 31.8 Å². The zero-order valence-electron chi connectivity index (χ0n) is 12.6. The molecule has 1 aliphatic rings. The number of carbonyl (C=O) groups is 1.